The van der Waals surface area contributed by atoms with Gasteiger partial charge in [0.15, 0.2) is 5.82 Å². The van der Waals surface area contributed by atoms with Crippen molar-refractivity contribution in [1.29, 1.82) is 0 Å². The zero-order chi connectivity index (χ0) is 19.2. The Morgan fingerprint density at radius 1 is 1.37 bits per heavy atom. The molecule has 1 aliphatic carbocycles. The monoisotopic (exact) mass is 376 g/mol. The van der Waals surface area contributed by atoms with Crippen LogP contribution < -0.4 is 11.1 Å². The van der Waals surface area contributed by atoms with Gasteiger partial charge in [0.05, 0.1) is 12.6 Å². The SMILES string of the molecule is CCOC(=O)Cn1nnnc1C(NC1CCCCC1N)c1ccc(F)cc1. The van der Waals surface area contributed by atoms with Crippen LogP contribution >= 0.6 is 0 Å². The molecule has 0 amide bonds. The molecule has 1 aliphatic rings. The van der Waals surface area contributed by atoms with E-state index < -0.39 is 12.0 Å². The van der Waals surface area contributed by atoms with Crippen molar-refractivity contribution in [3.8, 4) is 0 Å². The van der Waals surface area contributed by atoms with Gasteiger partial charge in [-0.2, -0.15) is 0 Å². The minimum absolute atomic E-state index is 0.0242. The van der Waals surface area contributed by atoms with Gasteiger partial charge in [-0.3, -0.25) is 10.1 Å². The average molecular weight is 376 g/mol. The van der Waals surface area contributed by atoms with E-state index in [1.165, 1.54) is 16.8 Å². The van der Waals surface area contributed by atoms with Gasteiger partial charge >= 0.3 is 5.97 Å². The van der Waals surface area contributed by atoms with Crippen LogP contribution in [0.3, 0.4) is 0 Å². The minimum atomic E-state index is -0.418. The van der Waals surface area contributed by atoms with Gasteiger partial charge in [-0.1, -0.05) is 25.0 Å². The van der Waals surface area contributed by atoms with Crippen LogP contribution in [0.1, 0.15) is 50.0 Å². The topological polar surface area (TPSA) is 108 Å². The Morgan fingerprint density at radius 2 is 2.11 bits per heavy atom. The summed E-state index contributed by atoms with van der Waals surface area (Å²) in [5, 5.41) is 15.3. The smallest absolute Gasteiger partial charge is 0.327 e. The van der Waals surface area contributed by atoms with Gasteiger partial charge in [-0.15, -0.1) is 5.10 Å². The van der Waals surface area contributed by atoms with Crippen molar-refractivity contribution in [2.45, 2.75) is 57.3 Å². The molecule has 0 saturated heterocycles. The predicted octanol–water partition coefficient (Wildman–Crippen LogP) is 1.32. The number of hydrogen-bond donors (Lipinski definition) is 2. The number of carbonyl (C=O) groups excluding carboxylic acids is 1. The van der Waals surface area contributed by atoms with Crippen LogP contribution in [0.15, 0.2) is 24.3 Å². The molecule has 3 atom stereocenters. The van der Waals surface area contributed by atoms with Gasteiger partial charge in [0.2, 0.25) is 0 Å². The van der Waals surface area contributed by atoms with Crippen LogP contribution in [0.5, 0.6) is 0 Å². The molecule has 1 saturated carbocycles. The van der Waals surface area contributed by atoms with Crippen LogP contribution in [0, 0.1) is 5.82 Å². The molecule has 1 fully saturated rings. The first-order valence-corrected chi connectivity index (χ1v) is 9.27. The van der Waals surface area contributed by atoms with E-state index in [1.807, 2.05) is 0 Å². The van der Waals surface area contributed by atoms with Crippen molar-refractivity contribution < 1.29 is 13.9 Å². The van der Waals surface area contributed by atoms with E-state index >= 15 is 0 Å². The third kappa shape index (κ3) is 4.86. The molecule has 146 valence electrons. The normalized spacial score (nSPS) is 21.0. The molecule has 0 aliphatic heterocycles. The molecule has 8 nitrogen and oxygen atoms in total. The van der Waals surface area contributed by atoms with E-state index in [0.717, 1.165) is 31.2 Å². The first-order valence-electron chi connectivity index (χ1n) is 9.27. The summed E-state index contributed by atoms with van der Waals surface area (Å²) < 4.78 is 19.8. The number of halogens is 1. The molecule has 1 heterocycles. The third-order valence-electron chi connectivity index (χ3n) is 4.81. The number of hydrogen-bond acceptors (Lipinski definition) is 7. The summed E-state index contributed by atoms with van der Waals surface area (Å²) in [6, 6.07) is 5.85. The van der Waals surface area contributed by atoms with Crippen molar-refractivity contribution in [2.24, 2.45) is 5.73 Å². The quantitative estimate of drug-likeness (QED) is 0.702. The van der Waals surface area contributed by atoms with Crippen molar-refractivity contribution in [3.05, 3.63) is 41.5 Å². The molecule has 2 aromatic rings. The molecule has 9 heteroatoms. The highest BCUT2D eigenvalue weighted by atomic mass is 19.1. The summed E-state index contributed by atoms with van der Waals surface area (Å²) in [5.41, 5.74) is 7.09. The van der Waals surface area contributed by atoms with Crippen molar-refractivity contribution in [1.82, 2.24) is 25.5 Å². The maximum Gasteiger partial charge on any atom is 0.327 e. The third-order valence-corrected chi connectivity index (χ3v) is 4.81. The summed E-state index contributed by atoms with van der Waals surface area (Å²) in [5.74, 6) is -0.274. The number of carbonyl (C=O) groups is 1. The standard InChI is InChI=1S/C18H25FN6O2/c1-2-27-16(26)11-25-18(22-23-24-25)17(12-7-9-13(19)10-8-12)21-15-6-4-3-5-14(15)20/h7-10,14-15,17,21H,2-6,11,20H2,1H3. The number of benzene rings is 1. The Kier molecular flexibility index (Phi) is 6.46. The molecule has 1 aromatic heterocycles. The van der Waals surface area contributed by atoms with E-state index in [1.54, 1.807) is 19.1 Å². The van der Waals surface area contributed by atoms with Gasteiger partial charge in [0, 0.05) is 12.1 Å². The lowest BCUT2D eigenvalue weighted by atomic mass is 9.89. The molecule has 3 N–H and O–H groups in total. The first kappa shape index (κ1) is 19.4. The van der Waals surface area contributed by atoms with Crippen LogP contribution in [-0.4, -0.2) is 44.9 Å². The zero-order valence-electron chi connectivity index (χ0n) is 15.3. The Labute approximate surface area is 157 Å². The summed E-state index contributed by atoms with van der Waals surface area (Å²) in [4.78, 5) is 11.9. The van der Waals surface area contributed by atoms with Crippen LogP contribution in [-0.2, 0) is 16.1 Å². The predicted molar refractivity (Wildman–Crippen MR) is 96.1 cm³/mol. The molecular formula is C18H25FN6O2. The van der Waals surface area contributed by atoms with Crippen molar-refractivity contribution >= 4 is 5.97 Å². The summed E-state index contributed by atoms with van der Waals surface area (Å²) in [7, 11) is 0. The lowest BCUT2D eigenvalue weighted by Gasteiger charge is -2.33. The summed E-state index contributed by atoms with van der Waals surface area (Å²) >= 11 is 0. The lowest BCUT2D eigenvalue weighted by molar-refractivity contribution is -0.144. The maximum absolute atomic E-state index is 13.4. The van der Waals surface area contributed by atoms with Gasteiger partial charge in [0.1, 0.15) is 12.4 Å². The van der Waals surface area contributed by atoms with Crippen LogP contribution in [0.2, 0.25) is 0 Å². The fourth-order valence-electron chi connectivity index (χ4n) is 3.42. The molecular weight excluding hydrogens is 351 g/mol. The zero-order valence-corrected chi connectivity index (χ0v) is 15.3. The van der Waals surface area contributed by atoms with Gasteiger partial charge in [-0.25, -0.2) is 9.07 Å². The van der Waals surface area contributed by atoms with E-state index in [0.29, 0.717) is 5.82 Å². The molecule has 3 rings (SSSR count). The van der Waals surface area contributed by atoms with Gasteiger partial charge < -0.3 is 10.5 Å². The lowest BCUT2D eigenvalue weighted by Crippen LogP contribution is -2.49. The Bertz CT molecular complexity index is 751. The number of nitrogens with one attached hydrogen (secondary N) is 1. The molecule has 0 radical (unpaired) electrons. The number of nitrogens with two attached hydrogens (primary N) is 1. The van der Waals surface area contributed by atoms with E-state index in [4.69, 9.17) is 10.5 Å². The van der Waals surface area contributed by atoms with Crippen LogP contribution in [0.25, 0.3) is 0 Å². The number of tetrazole rings is 1. The van der Waals surface area contributed by atoms with Gasteiger partial charge in [0.25, 0.3) is 0 Å². The Hall–Kier alpha value is -2.39. The molecule has 0 bridgehead atoms. The number of ether oxygens (including phenoxy) is 1. The van der Waals surface area contributed by atoms with Crippen molar-refractivity contribution in [2.75, 3.05) is 6.61 Å². The second-order valence-corrected chi connectivity index (χ2v) is 6.71. The number of nitrogens with zero attached hydrogens (tertiary/aromatic N) is 4. The fraction of sp³-hybridized carbons (Fsp3) is 0.556. The molecule has 27 heavy (non-hydrogen) atoms. The Balaban J connectivity index is 1.89. The van der Waals surface area contributed by atoms with E-state index in [9.17, 15) is 9.18 Å². The summed E-state index contributed by atoms with van der Waals surface area (Å²) in [6.07, 6.45) is 4.09. The van der Waals surface area contributed by atoms with Gasteiger partial charge in [-0.05, 0) is 47.9 Å². The van der Waals surface area contributed by atoms with E-state index in [-0.39, 0.29) is 31.1 Å². The van der Waals surface area contributed by atoms with E-state index in [2.05, 4.69) is 20.8 Å². The first-order chi connectivity index (χ1) is 13.1. The number of rotatable bonds is 7. The highest BCUT2D eigenvalue weighted by Crippen LogP contribution is 2.25. The largest absolute Gasteiger partial charge is 0.465 e. The highest BCUT2D eigenvalue weighted by Gasteiger charge is 2.29. The maximum atomic E-state index is 13.4. The second-order valence-electron chi connectivity index (χ2n) is 6.71. The highest BCUT2D eigenvalue weighted by molar-refractivity contribution is 5.69. The molecule has 0 spiro atoms. The summed E-state index contributed by atoms with van der Waals surface area (Å²) in [6.45, 7) is 1.94. The fourth-order valence-corrected chi connectivity index (χ4v) is 3.42. The number of esters is 1. The molecule has 1 aromatic carbocycles. The minimum Gasteiger partial charge on any atom is -0.465 e. The second kappa shape index (κ2) is 9.01. The van der Waals surface area contributed by atoms with Crippen LogP contribution in [0.4, 0.5) is 4.39 Å². The average Bonchev–Trinajstić information content (AvgIpc) is 3.10. The Morgan fingerprint density at radius 3 is 2.81 bits per heavy atom. The number of aromatic nitrogens is 4. The van der Waals surface area contributed by atoms with Crippen molar-refractivity contribution in [3.63, 3.8) is 0 Å². The molecule has 3 unspecified atom stereocenters.